The van der Waals surface area contributed by atoms with E-state index >= 15 is 0 Å². The molecule has 1 amide bonds. The van der Waals surface area contributed by atoms with Crippen molar-refractivity contribution in [3.8, 4) is 0 Å². The van der Waals surface area contributed by atoms with Crippen LogP contribution in [-0.4, -0.2) is 63.4 Å². The first-order valence-electron chi connectivity index (χ1n) is 9.66. The third kappa shape index (κ3) is 5.10. The number of carbonyl (C=O) groups excluding carboxylic acids is 1. The lowest BCUT2D eigenvalue weighted by Gasteiger charge is -2.35. The molecule has 0 bridgehead atoms. The van der Waals surface area contributed by atoms with Crippen LogP contribution >= 0.6 is 11.6 Å². The van der Waals surface area contributed by atoms with Gasteiger partial charge in [0, 0.05) is 31.2 Å². The molecule has 8 heteroatoms. The number of aryl methyl sites for hydroxylation is 1. The highest BCUT2D eigenvalue weighted by molar-refractivity contribution is 7.92. The fraction of sp³-hybridized carbons (Fsp3) is 0.381. The van der Waals surface area contributed by atoms with E-state index in [1.807, 2.05) is 19.1 Å². The van der Waals surface area contributed by atoms with Crippen molar-refractivity contribution >= 4 is 33.2 Å². The van der Waals surface area contributed by atoms with Gasteiger partial charge in [-0.2, -0.15) is 0 Å². The van der Waals surface area contributed by atoms with Crippen molar-refractivity contribution in [3.63, 3.8) is 0 Å². The molecule has 2 aromatic carbocycles. The van der Waals surface area contributed by atoms with E-state index < -0.39 is 10.0 Å². The van der Waals surface area contributed by atoms with Gasteiger partial charge in [0.15, 0.2) is 0 Å². The molecule has 0 saturated carbocycles. The average Bonchev–Trinajstić information content (AvgIpc) is 2.73. The maximum atomic E-state index is 13.3. The molecular weight excluding hydrogens is 410 g/mol. The molecule has 1 aliphatic heterocycles. The van der Waals surface area contributed by atoms with E-state index in [1.165, 1.54) is 28.6 Å². The van der Waals surface area contributed by atoms with E-state index in [2.05, 4.69) is 11.8 Å². The summed E-state index contributed by atoms with van der Waals surface area (Å²) in [6.45, 7) is 7.55. The van der Waals surface area contributed by atoms with Gasteiger partial charge in [-0.15, -0.1) is 0 Å². The third-order valence-electron chi connectivity index (χ3n) is 5.17. The van der Waals surface area contributed by atoms with E-state index in [1.54, 1.807) is 17.0 Å². The molecule has 0 aromatic heterocycles. The number of likely N-dealkylation sites (N-methyl/N-ethyl adjacent to an activating group) is 1. The van der Waals surface area contributed by atoms with Crippen molar-refractivity contribution in [2.24, 2.45) is 0 Å². The normalized spacial score (nSPS) is 15.3. The maximum absolute atomic E-state index is 13.3. The summed E-state index contributed by atoms with van der Waals surface area (Å²) in [5.41, 5.74) is 1.48. The van der Waals surface area contributed by atoms with Crippen molar-refractivity contribution in [2.45, 2.75) is 18.7 Å². The molecule has 0 atom stereocenters. The summed E-state index contributed by atoms with van der Waals surface area (Å²) in [7, 11) is -3.92. The summed E-state index contributed by atoms with van der Waals surface area (Å²) in [6.07, 6.45) is 0. The summed E-state index contributed by atoms with van der Waals surface area (Å²) in [5, 5.41) is 0.454. The van der Waals surface area contributed by atoms with Crippen molar-refractivity contribution < 1.29 is 13.2 Å². The topological polar surface area (TPSA) is 60.9 Å². The second-order valence-corrected chi connectivity index (χ2v) is 9.41. The minimum atomic E-state index is -3.92. The van der Waals surface area contributed by atoms with Gasteiger partial charge in [-0.3, -0.25) is 9.10 Å². The average molecular weight is 436 g/mol. The number of nitrogens with zero attached hydrogens (tertiary/aromatic N) is 3. The molecule has 1 heterocycles. The molecular formula is C21H26ClN3O3S. The Morgan fingerprint density at radius 2 is 1.59 bits per heavy atom. The number of sulfonamides is 1. The lowest BCUT2D eigenvalue weighted by atomic mass is 10.2. The molecule has 3 rings (SSSR count). The molecule has 0 N–H and O–H groups in total. The van der Waals surface area contributed by atoms with Gasteiger partial charge in [0.25, 0.3) is 10.0 Å². The molecule has 1 saturated heterocycles. The maximum Gasteiger partial charge on any atom is 0.264 e. The Balaban J connectivity index is 1.88. The van der Waals surface area contributed by atoms with Crippen molar-refractivity contribution in [1.82, 2.24) is 9.80 Å². The number of rotatable bonds is 6. The number of benzene rings is 2. The standard InChI is InChI=1S/C21H26ClN3O3S/c1-3-23-12-14-24(15-13-23)21(26)16-25(19-8-4-17(2)5-9-19)29(27,28)20-10-6-18(22)7-11-20/h4-11H,3,12-16H2,1-2H3. The van der Waals surface area contributed by atoms with Crippen molar-refractivity contribution in [2.75, 3.05) is 43.6 Å². The molecule has 1 aliphatic rings. The van der Waals surface area contributed by atoms with E-state index in [9.17, 15) is 13.2 Å². The van der Waals surface area contributed by atoms with Gasteiger partial charge < -0.3 is 9.80 Å². The number of amides is 1. The fourth-order valence-corrected chi connectivity index (χ4v) is 4.84. The van der Waals surface area contributed by atoms with Gasteiger partial charge in [0.1, 0.15) is 6.54 Å². The first-order chi connectivity index (χ1) is 13.8. The lowest BCUT2D eigenvalue weighted by Crippen LogP contribution is -2.51. The van der Waals surface area contributed by atoms with Crippen LogP contribution in [0, 0.1) is 6.92 Å². The molecule has 0 spiro atoms. The zero-order valence-corrected chi connectivity index (χ0v) is 18.3. The first-order valence-corrected chi connectivity index (χ1v) is 11.5. The van der Waals surface area contributed by atoms with Crippen LogP contribution in [0.15, 0.2) is 53.4 Å². The number of piperazine rings is 1. The van der Waals surface area contributed by atoms with Gasteiger partial charge >= 0.3 is 0 Å². The van der Waals surface area contributed by atoms with Gasteiger partial charge in [0.05, 0.1) is 10.6 Å². The van der Waals surface area contributed by atoms with Gasteiger partial charge in [-0.1, -0.05) is 36.2 Å². The monoisotopic (exact) mass is 435 g/mol. The summed E-state index contributed by atoms with van der Waals surface area (Å²) < 4.78 is 27.9. The summed E-state index contributed by atoms with van der Waals surface area (Å²) in [6, 6.07) is 13.1. The molecule has 6 nitrogen and oxygen atoms in total. The van der Waals surface area contributed by atoms with E-state index in [0.717, 1.165) is 25.2 Å². The Morgan fingerprint density at radius 1 is 1.00 bits per heavy atom. The van der Waals surface area contributed by atoms with Crippen molar-refractivity contribution in [1.29, 1.82) is 0 Å². The second kappa shape index (κ2) is 9.15. The predicted octanol–water partition coefficient (Wildman–Crippen LogP) is 3.01. The Bertz CT molecular complexity index is 938. The minimum Gasteiger partial charge on any atom is -0.339 e. The predicted molar refractivity (Wildman–Crippen MR) is 116 cm³/mol. The molecule has 0 unspecified atom stereocenters. The highest BCUT2D eigenvalue weighted by atomic mass is 35.5. The zero-order valence-electron chi connectivity index (χ0n) is 16.7. The van der Waals surface area contributed by atoms with E-state index in [0.29, 0.717) is 23.8 Å². The smallest absolute Gasteiger partial charge is 0.264 e. The second-order valence-electron chi connectivity index (χ2n) is 7.12. The summed E-state index contributed by atoms with van der Waals surface area (Å²) >= 11 is 5.91. The molecule has 156 valence electrons. The number of hydrogen-bond donors (Lipinski definition) is 0. The van der Waals surface area contributed by atoms with Gasteiger partial charge in [-0.25, -0.2) is 8.42 Å². The first kappa shape index (κ1) is 21.6. The third-order valence-corrected chi connectivity index (χ3v) is 7.21. The van der Waals surface area contributed by atoms with Crippen LogP contribution in [0.2, 0.25) is 5.02 Å². The van der Waals surface area contributed by atoms with Crippen LogP contribution in [0.5, 0.6) is 0 Å². The molecule has 29 heavy (non-hydrogen) atoms. The Hall–Kier alpha value is -2.09. The van der Waals surface area contributed by atoms with Crippen LogP contribution in [-0.2, 0) is 14.8 Å². The Labute approximate surface area is 177 Å². The molecule has 0 radical (unpaired) electrons. The van der Waals surface area contributed by atoms with Crippen LogP contribution in [0.1, 0.15) is 12.5 Å². The van der Waals surface area contributed by atoms with Gasteiger partial charge in [-0.05, 0) is 49.9 Å². The van der Waals surface area contributed by atoms with E-state index in [4.69, 9.17) is 11.6 Å². The lowest BCUT2D eigenvalue weighted by molar-refractivity contribution is -0.131. The number of halogens is 1. The molecule has 1 fully saturated rings. The fourth-order valence-electron chi connectivity index (χ4n) is 3.30. The summed E-state index contributed by atoms with van der Waals surface area (Å²) in [5.74, 6) is -0.195. The largest absolute Gasteiger partial charge is 0.339 e. The number of hydrogen-bond acceptors (Lipinski definition) is 4. The minimum absolute atomic E-state index is 0.103. The van der Waals surface area contributed by atoms with Crippen molar-refractivity contribution in [3.05, 3.63) is 59.1 Å². The Morgan fingerprint density at radius 3 is 2.14 bits per heavy atom. The van der Waals surface area contributed by atoms with Crippen LogP contribution in [0.3, 0.4) is 0 Å². The van der Waals surface area contributed by atoms with Crippen LogP contribution < -0.4 is 4.31 Å². The molecule has 0 aliphatic carbocycles. The number of anilines is 1. The zero-order chi connectivity index (χ0) is 21.0. The summed E-state index contributed by atoms with van der Waals surface area (Å²) in [4.78, 5) is 17.1. The number of carbonyl (C=O) groups is 1. The highest BCUT2D eigenvalue weighted by Gasteiger charge is 2.30. The van der Waals surface area contributed by atoms with Crippen LogP contribution in [0.25, 0.3) is 0 Å². The van der Waals surface area contributed by atoms with E-state index in [-0.39, 0.29) is 17.3 Å². The van der Waals surface area contributed by atoms with Gasteiger partial charge in [0.2, 0.25) is 5.91 Å². The SMILES string of the molecule is CCN1CCN(C(=O)CN(c2ccc(C)cc2)S(=O)(=O)c2ccc(Cl)cc2)CC1. The molecule has 2 aromatic rings. The Kier molecular flexibility index (Phi) is 6.82. The quantitative estimate of drug-likeness (QED) is 0.699. The van der Waals surface area contributed by atoms with Crippen LogP contribution in [0.4, 0.5) is 5.69 Å². The highest BCUT2D eigenvalue weighted by Crippen LogP contribution is 2.25.